The number of benzene rings is 1. The van der Waals surface area contributed by atoms with E-state index in [0.717, 1.165) is 20.4 Å². The zero-order chi connectivity index (χ0) is 10.0. The van der Waals surface area contributed by atoms with Gasteiger partial charge in [-0.05, 0) is 52.8 Å². The number of aryl methyl sites for hydroxylation is 1. The lowest BCUT2D eigenvalue weighted by Gasteiger charge is -2.14. The number of anilines is 1. The summed E-state index contributed by atoms with van der Waals surface area (Å²) in [5.41, 5.74) is 20.0. The van der Waals surface area contributed by atoms with E-state index in [0.29, 0.717) is 6.54 Å². The van der Waals surface area contributed by atoms with Gasteiger partial charge < -0.3 is 17.2 Å². The Bertz CT molecular complexity index is 312. The van der Waals surface area contributed by atoms with Crippen LogP contribution >= 0.6 is 22.6 Å². The van der Waals surface area contributed by atoms with E-state index in [1.807, 2.05) is 19.1 Å². The first-order valence-corrected chi connectivity index (χ1v) is 5.15. The Kier molecular flexibility index (Phi) is 3.52. The Labute approximate surface area is 91.8 Å². The molecule has 0 saturated carbocycles. The van der Waals surface area contributed by atoms with Crippen LogP contribution in [0.1, 0.15) is 17.2 Å². The SMILES string of the molecule is Cc1cc(I)cc(C(N)CN)c1N. The van der Waals surface area contributed by atoms with Gasteiger partial charge in [-0.15, -0.1) is 0 Å². The van der Waals surface area contributed by atoms with E-state index in [1.165, 1.54) is 0 Å². The molecule has 72 valence electrons. The molecule has 0 spiro atoms. The van der Waals surface area contributed by atoms with E-state index >= 15 is 0 Å². The van der Waals surface area contributed by atoms with Crippen LogP contribution in [0.15, 0.2) is 12.1 Å². The summed E-state index contributed by atoms with van der Waals surface area (Å²) in [7, 11) is 0. The molecule has 3 nitrogen and oxygen atoms in total. The smallest absolute Gasteiger partial charge is 0.0440 e. The predicted molar refractivity (Wildman–Crippen MR) is 64.3 cm³/mol. The first kappa shape index (κ1) is 10.7. The zero-order valence-corrected chi connectivity index (χ0v) is 9.71. The maximum atomic E-state index is 5.89. The quantitative estimate of drug-likeness (QED) is 0.565. The molecule has 0 fully saturated rings. The van der Waals surface area contributed by atoms with Gasteiger partial charge in [0.1, 0.15) is 0 Å². The van der Waals surface area contributed by atoms with Crippen LogP contribution in [0.3, 0.4) is 0 Å². The minimum Gasteiger partial charge on any atom is -0.398 e. The van der Waals surface area contributed by atoms with Gasteiger partial charge in [-0.2, -0.15) is 0 Å². The molecule has 0 heterocycles. The number of rotatable bonds is 2. The van der Waals surface area contributed by atoms with E-state index in [-0.39, 0.29) is 6.04 Å². The van der Waals surface area contributed by atoms with Crippen LogP contribution in [-0.2, 0) is 0 Å². The third-order valence-corrected chi connectivity index (χ3v) is 2.66. The van der Waals surface area contributed by atoms with E-state index in [2.05, 4.69) is 22.6 Å². The number of hydrogen-bond acceptors (Lipinski definition) is 3. The molecule has 0 amide bonds. The fourth-order valence-electron chi connectivity index (χ4n) is 1.21. The molecule has 4 heteroatoms. The lowest BCUT2D eigenvalue weighted by molar-refractivity contribution is 0.738. The number of halogens is 1. The Morgan fingerprint density at radius 2 is 2.08 bits per heavy atom. The second-order valence-electron chi connectivity index (χ2n) is 3.07. The summed E-state index contributed by atoms with van der Waals surface area (Å²) < 4.78 is 1.14. The molecular formula is C9H14IN3. The highest BCUT2D eigenvalue weighted by molar-refractivity contribution is 14.1. The van der Waals surface area contributed by atoms with Crippen LogP contribution in [0.2, 0.25) is 0 Å². The van der Waals surface area contributed by atoms with Gasteiger partial charge >= 0.3 is 0 Å². The summed E-state index contributed by atoms with van der Waals surface area (Å²) in [6.07, 6.45) is 0. The number of hydrogen-bond donors (Lipinski definition) is 3. The molecule has 13 heavy (non-hydrogen) atoms. The minimum absolute atomic E-state index is 0.159. The first-order valence-electron chi connectivity index (χ1n) is 4.07. The minimum atomic E-state index is -0.159. The summed E-state index contributed by atoms with van der Waals surface area (Å²) >= 11 is 2.25. The third-order valence-electron chi connectivity index (χ3n) is 2.04. The molecule has 0 bridgehead atoms. The Balaban J connectivity index is 3.20. The van der Waals surface area contributed by atoms with Crippen molar-refractivity contribution < 1.29 is 0 Å². The van der Waals surface area contributed by atoms with Crippen LogP contribution in [0.25, 0.3) is 0 Å². The molecule has 6 N–H and O–H groups in total. The van der Waals surface area contributed by atoms with Gasteiger partial charge in [0, 0.05) is 21.8 Å². The van der Waals surface area contributed by atoms with Crippen molar-refractivity contribution in [2.45, 2.75) is 13.0 Å². The molecule has 1 aromatic rings. The standard InChI is InChI=1S/C9H14IN3/c1-5-2-6(10)3-7(9(5)13)8(12)4-11/h2-3,8H,4,11-13H2,1H3. The fourth-order valence-corrected chi connectivity index (χ4v) is 2.02. The summed E-state index contributed by atoms with van der Waals surface area (Å²) in [5.74, 6) is 0. The average molecular weight is 291 g/mol. The maximum Gasteiger partial charge on any atom is 0.0440 e. The topological polar surface area (TPSA) is 78.1 Å². The van der Waals surface area contributed by atoms with E-state index in [4.69, 9.17) is 17.2 Å². The lowest BCUT2D eigenvalue weighted by Crippen LogP contribution is -2.22. The average Bonchev–Trinajstić information content (AvgIpc) is 2.10. The van der Waals surface area contributed by atoms with Crippen molar-refractivity contribution in [1.29, 1.82) is 0 Å². The number of nitrogen functional groups attached to an aromatic ring is 1. The van der Waals surface area contributed by atoms with Crippen LogP contribution in [0.5, 0.6) is 0 Å². The fraction of sp³-hybridized carbons (Fsp3) is 0.333. The zero-order valence-electron chi connectivity index (χ0n) is 7.55. The van der Waals surface area contributed by atoms with Gasteiger partial charge in [0.05, 0.1) is 0 Å². The monoisotopic (exact) mass is 291 g/mol. The molecular weight excluding hydrogens is 277 g/mol. The molecule has 0 saturated heterocycles. The van der Waals surface area contributed by atoms with Crippen molar-refractivity contribution >= 4 is 28.3 Å². The Hall–Kier alpha value is -0.330. The molecule has 0 aliphatic heterocycles. The summed E-state index contributed by atoms with van der Waals surface area (Å²) in [4.78, 5) is 0. The third kappa shape index (κ3) is 2.32. The lowest BCUT2D eigenvalue weighted by atomic mass is 10.0. The van der Waals surface area contributed by atoms with E-state index in [1.54, 1.807) is 0 Å². The summed E-state index contributed by atoms with van der Waals surface area (Å²) in [5, 5.41) is 0. The Morgan fingerprint density at radius 1 is 1.46 bits per heavy atom. The highest BCUT2D eigenvalue weighted by Crippen LogP contribution is 2.24. The van der Waals surface area contributed by atoms with Gasteiger partial charge in [0.15, 0.2) is 0 Å². The van der Waals surface area contributed by atoms with E-state index < -0.39 is 0 Å². The molecule has 1 rings (SSSR count). The highest BCUT2D eigenvalue weighted by Gasteiger charge is 2.10. The van der Waals surface area contributed by atoms with Crippen LogP contribution in [-0.4, -0.2) is 6.54 Å². The number of nitrogens with two attached hydrogens (primary N) is 3. The van der Waals surface area contributed by atoms with E-state index in [9.17, 15) is 0 Å². The van der Waals surface area contributed by atoms with Crippen molar-refractivity contribution in [3.8, 4) is 0 Å². The predicted octanol–water partition coefficient (Wildman–Crippen LogP) is 1.14. The van der Waals surface area contributed by atoms with Gasteiger partial charge in [0.25, 0.3) is 0 Å². The summed E-state index contributed by atoms with van der Waals surface area (Å²) in [6.45, 7) is 2.40. The molecule has 0 aliphatic carbocycles. The van der Waals surface area contributed by atoms with Gasteiger partial charge in [-0.25, -0.2) is 0 Å². The van der Waals surface area contributed by atoms with Crippen molar-refractivity contribution in [3.63, 3.8) is 0 Å². The van der Waals surface area contributed by atoms with Crippen molar-refractivity contribution in [3.05, 3.63) is 26.8 Å². The Morgan fingerprint density at radius 3 is 2.62 bits per heavy atom. The second-order valence-corrected chi connectivity index (χ2v) is 4.31. The first-order chi connectivity index (χ1) is 6.06. The van der Waals surface area contributed by atoms with Crippen LogP contribution in [0.4, 0.5) is 5.69 Å². The molecule has 0 radical (unpaired) electrons. The van der Waals surface area contributed by atoms with Crippen LogP contribution < -0.4 is 17.2 Å². The molecule has 0 aliphatic rings. The maximum absolute atomic E-state index is 5.89. The normalized spacial score (nSPS) is 12.9. The van der Waals surface area contributed by atoms with Gasteiger partial charge in [-0.1, -0.05) is 0 Å². The highest BCUT2D eigenvalue weighted by atomic mass is 127. The van der Waals surface area contributed by atoms with Gasteiger partial charge in [-0.3, -0.25) is 0 Å². The van der Waals surface area contributed by atoms with Crippen molar-refractivity contribution in [1.82, 2.24) is 0 Å². The molecule has 1 unspecified atom stereocenters. The van der Waals surface area contributed by atoms with Crippen molar-refractivity contribution in [2.75, 3.05) is 12.3 Å². The summed E-state index contributed by atoms with van der Waals surface area (Å²) in [6, 6.07) is 3.86. The largest absolute Gasteiger partial charge is 0.398 e. The van der Waals surface area contributed by atoms with Crippen LogP contribution in [0, 0.1) is 10.5 Å². The van der Waals surface area contributed by atoms with Gasteiger partial charge in [0.2, 0.25) is 0 Å². The molecule has 1 atom stereocenters. The molecule has 0 aromatic heterocycles. The molecule has 1 aromatic carbocycles. The second kappa shape index (κ2) is 4.26. The van der Waals surface area contributed by atoms with Crippen molar-refractivity contribution in [2.24, 2.45) is 11.5 Å².